The highest BCUT2D eigenvalue weighted by atomic mass is 19.2. The third-order valence-corrected chi connectivity index (χ3v) is 3.10. The van der Waals surface area contributed by atoms with Crippen LogP contribution in [0.4, 0.5) is 13.6 Å². The number of halogens is 2. The summed E-state index contributed by atoms with van der Waals surface area (Å²) in [6.07, 6.45) is -0.807. The largest absolute Gasteiger partial charge is 0.444 e. The molecule has 0 saturated carbocycles. The van der Waals surface area contributed by atoms with Gasteiger partial charge in [0.1, 0.15) is 5.60 Å². The fourth-order valence-electron chi connectivity index (χ4n) is 2.18. The summed E-state index contributed by atoms with van der Waals surface area (Å²) in [6.45, 7) is 3.48. The van der Waals surface area contributed by atoms with Crippen molar-refractivity contribution in [2.24, 2.45) is 0 Å². The van der Waals surface area contributed by atoms with Crippen molar-refractivity contribution in [1.82, 2.24) is 10.2 Å². The van der Waals surface area contributed by atoms with Gasteiger partial charge >= 0.3 is 6.09 Å². The van der Waals surface area contributed by atoms with E-state index >= 15 is 0 Å². The summed E-state index contributed by atoms with van der Waals surface area (Å²) in [6, 6.07) is 0. The first-order valence-electron chi connectivity index (χ1n) is 5.71. The van der Waals surface area contributed by atoms with Crippen molar-refractivity contribution in [3.8, 4) is 0 Å². The highest BCUT2D eigenvalue weighted by Gasteiger charge is 2.69. The topological polar surface area (TPSA) is 58.6 Å². The number of rotatable bonds is 0. The van der Waals surface area contributed by atoms with Crippen LogP contribution in [0.25, 0.3) is 0 Å². The molecule has 0 aromatic rings. The van der Waals surface area contributed by atoms with Crippen molar-refractivity contribution in [3.05, 3.63) is 0 Å². The zero-order chi connectivity index (χ0) is 13.8. The second-order valence-electron chi connectivity index (χ2n) is 5.79. The molecule has 0 aromatic carbocycles. The van der Waals surface area contributed by atoms with Gasteiger partial charge in [0.2, 0.25) is 5.67 Å². The van der Waals surface area contributed by atoms with E-state index < -0.39 is 48.6 Å². The molecule has 0 bridgehead atoms. The van der Waals surface area contributed by atoms with Crippen molar-refractivity contribution < 1.29 is 23.1 Å². The SMILES string of the molecule is CC(C)(C)OC(=O)N1C[C@@]2(F)CNC(=O)[C@@]2(F)C1. The van der Waals surface area contributed by atoms with Gasteiger partial charge in [-0.3, -0.25) is 4.79 Å². The molecule has 0 unspecified atom stereocenters. The minimum absolute atomic E-state index is 0.415. The van der Waals surface area contributed by atoms with Crippen LogP contribution in [0.5, 0.6) is 0 Å². The van der Waals surface area contributed by atoms with Crippen LogP contribution in [0.3, 0.4) is 0 Å². The third-order valence-electron chi connectivity index (χ3n) is 3.10. The minimum atomic E-state index is -2.66. The van der Waals surface area contributed by atoms with Crippen molar-refractivity contribution >= 4 is 12.0 Å². The zero-order valence-corrected chi connectivity index (χ0v) is 10.5. The summed E-state index contributed by atoms with van der Waals surface area (Å²) in [7, 11) is 0. The minimum Gasteiger partial charge on any atom is -0.444 e. The summed E-state index contributed by atoms with van der Waals surface area (Å²) in [5, 5.41) is 2.14. The van der Waals surface area contributed by atoms with E-state index in [-0.39, 0.29) is 0 Å². The normalized spacial score (nSPS) is 35.4. The maximum atomic E-state index is 14.3. The standard InChI is InChI=1S/C11H16F2N2O3/c1-9(2,3)18-8(17)15-5-10(12)4-14-7(16)11(10,13)6-15/h4-6H2,1-3H3,(H,14,16)/t10-,11-/m0/s1. The zero-order valence-electron chi connectivity index (χ0n) is 10.5. The van der Waals surface area contributed by atoms with E-state index in [1.165, 1.54) is 0 Å². The van der Waals surface area contributed by atoms with Crippen LogP contribution in [0.1, 0.15) is 20.8 Å². The molecule has 7 heteroatoms. The molecule has 0 aliphatic carbocycles. The first kappa shape index (κ1) is 13.0. The van der Waals surface area contributed by atoms with Crippen molar-refractivity contribution in [1.29, 1.82) is 0 Å². The number of nitrogens with zero attached hydrogens (tertiary/aromatic N) is 1. The second-order valence-corrected chi connectivity index (χ2v) is 5.79. The highest BCUT2D eigenvalue weighted by Crippen LogP contribution is 2.42. The lowest BCUT2D eigenvalue weighted by Crippen LogP contribution is -2.47. The Morgan fingerprint density at radius 1 is 1.39 bits per heavy atom. The summed E-state index contributed by atoms with van der Waals surface area (Å²) in [5.74, 6) is -1.00. The number of ether oxygens (including phenoxy) is 1. The molecule has 102 valence electrons. The highest BCUT2D eigenvalue weighted by molar-refractivity contribution is 5.91. The van der Waals surface area contributed by atoms with E-state index in [2.05, 4.69) is 5.32 Å². The van der Waals surface area contributed by atoms with E-state index in [1.54, 1.807) is 20.8 Å². The Bertz CT molecular complexity index is 410. The van der Waals surface area contributed by atoms with Crippen molar-refractivity contribution in [3.63, 3.8) is 0 Å². The number of hydrogen-bond acceptors (Lipinski definition) is 3. The Labute approximate surface area is 103 Å². The van der Waals surface area contributed by atoms with Gasteiger partial charge in [0.25, 0.3) is 5.91 Å². The molecule has 1 N–H and O–H groups in total. The Kier molecular flexibility index (Phi) is 2.57. The maximum Gasteiger partial charge on any atom is 0.410 e. The molecular formula is C11H16F2N2O3. The molecule has 2 saturated heterocycles. The third kappa shape index (κ3) is 1.81. The van der Waals surface area contributed by atoms with Gasteiger partial charge in [-0.25, -0.2) is 13.6 Å². The lowest BCUT2D eigenvalue weighted by atomic mass is 9.93. The van der Waals surface area contributed by atoms with Gasteiger partial charge in [-0.05, 0) is 20.8 Å². The van der Waals surface area contributed by atoms with E-state index in [0.29, 0.717) is 0 Å². The predicted octanol–water partition coefficient (Wildman–Crippen LogP) is 0.783. The lowest BCUT2D eigenvalue weighted by Gasteiger charge is -2.24. The number of hydrogen-bond donors (Lipinski definition) is 1. The average molecular weight is 262 g/mol. The molecule has 2 heterocycles. The Morgan fingerprint density at radius 3 is 2.50 bits per heavy atom. The average Bonchev–Trinajstić information content (AvgIpc) is 2.57. The van der Waals surface area contributed by atoms with Gasteiger partial charge < -0.3 is 15.0 Å². The number of fused-ring (bicyclic) bond motifs is 1. The van der Waals surface area contributed by atoms with Gasteiger partial charge in [-0.2, -0.15) is 0 Å². The molecule has 0 aromatic heterocycles. The first-order valence-corrected chi connectivity index (χ1v) is 5.71. The van der Waals surface area contributed by atoms with Crippen LogP contribution in [-0.4, -0.2) is 53.5 Å². The molecule has 0 radical (unpaired) electrons. The van der Waals surface area contributed by atoms with Crippen LogP contribution in [-0.2, 0) is 9.53 Å². The molecule has 2 aliphatic heterocycles. The fraction of sp³-hybridized carbons (Fsp3) is 0.818. The van der Waals surface area contributed by atoms with Gasteiger partial charge in [0, 0.05) is 0 Å². The molecule has 5 nitrogen and oxygen atoms in total. The van der Waals surface area contributed by atoms with Crippen LogP contribution >= 0.6 is 0 Å². The smallest absolute Gasteiger partial charge is 0.410 e. The van der Waals surface area contributed by atoms with Crippen LogP contribution in [0, 0.1) is 0 Å². The van der Waals surface area contributed by atoms with Crippen LogP contribution in [0.15, 0.2) is 0 Å². The number of carbonyl (C=O) groups is 2. The van der Waals surface area contributed by atoms with Crippen molar-refractivity contribution in [2.75, 3.05) is 19.6 Å². The molecular weight excluding hydrogens is 246 g/mol. The van der Waals surface area contributed by atoms with E-state index in [4.69, 9.17) is 4.74 Å². The Balaban J connectivity index is 2.13. The van der Waals surface area contributed by atoms with Crippen LogP contribution < -0.4 is 5.32 Å². The summed E-state index contributed by atoms with van der Waals surface area (Å²) in [5.41, 5.74) is -5.77. The lowest BCUT2D eigenvalue weighted by molar-refractivity contribution is -0.132. The van der Waals surface area contributed by atoms with E-state index in [1.807, 2.05) is 0 Å². The molecule has 18 heavy (non-hydrogen) atoms. The van der Waals surface area contributed by atoms with Crippen LogP contribution in [0.2, 0.25) is 0 Å². The van der Waals surface area contributed by atoms with Gasteiger partial charge in [-0.1, -0.05) is 0 Å². The van der Waals surface area contributed by atoms with E-state index in [0.717, 1.165) is 4.90 Å². The van der Waals surface area contributed by atoms with Gasteiger partial charge in [0.15, 0.2) is 5.67 Å². The second kappa shape index (κ2) is 3.55. The summed E-state index contributed by atoms with van der Waals surface area (Å²) in [4.78, 5) is 24.0. The number of alkyl halides is 2. The number of amides is 2. The summed E-state index contributed by atoms with van der Waals surface area (Å²) < 4.78 is 33.6. The molecule has 2 amide bonds. The molecule has 2 rings (SSSR count). The quantitative estimate of drug-likeness (QED) is 0.702. The summed E-state index contributed by atoms with van der Waals surface area (Å²) >= 11 is 0. The Hall–Kier alpha value is -1.40. The molecule has 2 atom stereocenters. The number of likely N-dealkylation sites (tertiary alicyclic amines) is 1. The number of carbonyl (C=O) groups excluding carboxylic acids is 2. The van der Waals surface area contributed by atoms with Gasteiger partial charge in [-0.15, -0.1) is 0 Å². The van der Waals surface area contributed by atoms with Crippen molar-refractivity contribution in [2.45, 2.75) is 37.7 Å². The fourth-order valence-corrected chi connectivity index (χ4v) is 2.18. The maximum absolute atomic E-state index is 14.3. The first-order chi connectivity index (χ1) is 8.07. The molecule has 0 spiro atoms. The monoisotopic (exact) mass is 262 g/mol. The van der Waals surface area contributed by atoms with E-state index in [9.17, 15) is 18.4 Å². The Morgan fingerprint density at radius 2 is 2.00 bits per heavy atom. The van der Waals surface area contributed by atoms with Gasteiger partial charge in [0.05, 0.1) is 19.6 Å². The molecule has 2 fully saturated rings. The predicted molar refractivity (Wildman–Crippen MR) is 58.5 cm³/mol. The molecule has 2 aliphatic rings. The number of nitrogens with one attached hydrogen (secondary N) is 1.